The minimum atomic E-state index is -5.96. The van der Waals surface area contributed by atoms with Crippen molar-refractivity contribution in [2.45, 2.75) is 30.7 Å². The van der Waals surface area contributed by atoms with Crippen LogP contribution in [0.25, 0.3) is 0 Å². The normalized spacial score (nSPS) is 17.0. The van der Waals surface area contributed by atoms with Crippen LogP contribution in [0.5, 0.6) is 0 Å². The Morgan fingerprint density at radius 1 is 1.03 bits per heavy atom. The van der Waals surface area contributed by atoms with E-state index in [0.717, 1.165) is 18.0 Å². The number of alkyl halides is 8. The van der Waals surface area contributed by atoms with Crippen molar-refractivity contribution in [1.29, 1.82) is 0 Å². The van der Waals surface area contributed by atoms with E-state index < -0.39 is 67.5 Å². The highest BCUT2D eigenvalue weighted by Gasteiger charge is 2.57. The molecule has 1 N–H and O–H groups in total. The van der Waals surface area contributed by atoms with E-state index in [9.17, 15) is 54.3 Å². The van der Waals surface area contributed by atoms with E-state index >= 15 is 0 Å². The number of para-hydroxylation sites is 2. The van der Waals surface area contributed by atoms with E-state index in [1.807, 2.05) is 0 Å². The molecule has 35 heavy (non-hydrogen) atoms. The Morgan fingerprint density at radius 2 is 1.57 bits per heavy atom. The number of rotatable bonds is 5. The summed E-state index contributed by atoms with van der Waals surface area (Å²) in [5, 5.41) is 1.25. The molecule has 1 aliphatic heterocycles. The second-order valence-corrected chi connectivity index (χ2v) is 7.48. The van der Waals surface area contributed by atoms with Crippen LogP contribution < -0.4 is 15.1 Å². The van der Waals surface area contributed by atoms with Gasteiger partial charge in [0, 0.05) is 14.1 Å². The average Bonchev–Trinajstić information content (AvgIpc) is 2.85. The molecule has 2 rings (SSSR count). The van der Waals surface area contributed by atoms with Gasteiger partial charge in [-0.25, -0.2) is 0 Å². The summed E-state index contributed by atoms with van der Waals surface area (Å²) in [4.78, 5) is 50.8. The first-order valence-corrected chi connectivity index (χ1v) is 9.60. The number of nitrogens with one attached hydrogen (secondary N) is 1. The maximum Gasteiger partial charge on any atom is 0.471 e. The fourth-order valence-electron chi connectivity index (χ4n) is 3.11. The number of likely N-dealkylation sites (N-methyl/N-ethyl adjacent to an activating group) is 2. The topological polar surface area (TPSA) is 90.0 Å². The van der Waals surface area contributed by atoms with E-state index in [2.05, 4.69) is 0 Å². The molecule has 1 aliphatic rings. The molecule has 0 aliphatic carbocycles. The summed E-state index contributed by atoms with van der Waals surface area (Å²) in [6, 6.07) is 3.33. The highest BCUT2D eigenvalue weighted by atomic mass is 19.4. The van der Waals surface area contributed by atoms with Crippen LogP contribution in [0.15, 0.2) is 24.3 Å². The molecule has 1 heterocycles. The van der Waals surface area contributed by atoms with Crippen molar-refractivity contribution in [2.75, 3.05) is 37.0 Å². The molecule has 194 valence electrons. The van der Waals surface area contributed by atoms with Gasteiger partial charge in [-0.3, -0.25) is 24.1 Å². The maximum atomic E-state index is 13.2. The fraction of sp³-hybridized carbons (Fsp3) is 0.474. The number of halogens is 8. The van der Waals surface area contributed by atoms with Crippen LogP contribution in [0.3, 0.4) is 0 Å². The van der Waals surface area contributed by atoms with Gasteiger partial charge in [0.2, 0.25) is 11.8 Å². The lowest BCUT2D eigenvalue weighted by atomic mass is 10.2. The standard InChI is InChI=1S/C19H18F8N4O4/c1-29(14(33)7-13(32)28-9-17(20,21)19(25,26)27)12-8-31(16(35)18(22,23)24)11-6-4-3-5-10(11)30(2)15(12)34/h3-6,12H,7-9H2,1-2H3,(H,28,32)/t12-/m0/s1. The summed E-state index contributed by atoms with van der Waals surface area (Å²) >= 11 is 0. The first kappa shape index (κ1) is 27.8. The number of hydrogen-bond donors (Lipinski definition) is 1. The monoisotopic (exact) mass is 518 g/mol. The van der Waals surface area contributed by atoms with Gasteiger partial charge in [-0.15, -0.1) is 0 Å². The molecule has 0 saturated carbocycles. The molecule has 1 atom stereocenters. The molecule has 8 nitrogen and oxygen atoms in total. The van der Waals surface area contributed by atoms with Crippen molar-refractivity contribution in [3.8, 4) is 0 Å². The highest BCUT2D eigenvalue weighted by Crippen LogP contribution is 2.36. The molecule has 0 spiro atoms. The lowest BCUT2D eigenvalue weighted by molar-refractivity contribution is -0.278. The zero-order valence-electron chi connectivity index (χ0n) is 18.0. The van der Waals surface area contributed by atoms with E-state index in [-0.39, 0.29) is 16.3 Å². The summed E-state index contributed by atoms with van der Waals surface area (Å²) in [7, 11) is 2.07. The smallest absolute Gasteiger partial charge is 0.349 e. The van der Waals surface area contributed by atoms with E-state index in [1.54, 1.807) is 0 Å². The van der Waals surface area contributed by atoms with Gasteiger partial charge in [0.25, 0.3) is 5.91 Å². The Hall–Kier alpha value is -3.46. The molecule has 0 aromatic heterocycles. The number of carbonyl (C=O) groups is 4. The van der Waals surface area contributed by atoms with E-state index in [4.69, 9.17) is 0 Å². The summed E-state index contributed by atoms with van der Waals surface area (Å²) in [5.41, 5.74) is -0.383. The molecular weight excluding hydrogens is 500 g/mol. The summed E-state index contributed by atoms with van der Waals surface area (Å²) in [6.07, 6.45) is -12.6. The Balaban J connectivity index is 2.25. The zero-order valence-corrected chi connectivity index (χ0v) is 18.0. The van der Waals surface area contributed by atoms with Crippen LogP contribution in [-0.4, -0.2) is 80.0 Å². The highest BCUT2D eigenvalue weighted by molar-refractivity contribution is 6.09. The van der Waals surface area contributed by atoms with Crippen LogP contribution in [0, 0.1) is 0 Å². The average molecular weight is 518 g/mol. The second kappa shape index (κ2) is 9.65. The van der Waals surface area contributed by atoms with Crippen molar-refractivity contribution in [2.24, 2.45) is 0 Å². The SMILES string of the molecule is CN1C(=O)[C@@H](N(C)C(=O)CC(=O)NCC(F)(F)C(F)(F)F)CN(C(=O)C(F)(F)F)c2ccccc21. The zero-order chi connectivity index (χ0) is 26.9. The van der Waals surface area contributed by atoms with Gasteiger partial charge in [0.15, 0.2) is 0 Å². The molecule has 1 aromatic rings. The van der Waals surface area contributed by atoms with Gasteiger partial charge in [-0.2, -0.15) is 35.1 Å². The first-order chi connectivity index (χ1) is 15.9. The number of benzene rings is 1. The molecule has 0 radical (unpaired) electrons. The molecule has 0 unspecified atom stereocenters. The van der Waals surface area contributed by atoms with Gasteiger partial charge in [0.1, 0.15) is 12.5 Å². The largest absolute Gasteiger partial charge is 0.471 e. The van der Waals surface area contributed by atoms with Crippen molar-refractivity contribution in [1.82, 2.24) is 10.2 Å². The molecule has 0 fully saturated rings. The van der Waals surface area contributed by atoms with Crippen molar-refractivity contribution >= 4 is 35.0 Å². The number of fused-ring (bicyclic) bond motifs is 1. The van der Waals surface area contributed by atoms with Crippen LogP contribution in [-0.2, 0) is 19.2 Å². The summed E-state index contributed by atoms with van der Waals surface area (Å²) in [5.74, 6) is -11.4. The predicted octanol–water partition coefficient (Wildman–Crippen LogP) is 2.09. The van der Waals surface area contributed by atoms with E-state index in [0.29, 0.717) is 4.90 Å². The van der Waals surface area contributed by atoms with E-state index in [1.165, 1.54) is 30.6 Å². The van der Waals surface area contributed by atoms with Crippen LogP contribution in [0.1, 0.15) is 6.42 Å². The van der Waals surface area contributed by atoms with Gasteiger partial charge in [0.05, 0.1) is 24.5 Å². The van der Waals surface area contributed by atoms with Gasteiger partial charge < -0.3 is 15.1 Å². The third-order valence-electron chi connectivity index (χ3n) is 5.09. The summed E-state index contributed by atoms with van der Waals surface area (Å²) in [6.45, 7) is -3.13. The van der Waals surface area contributed by atoms with Crippen molar-refractivity contribution < 1.29 is 54.3 Å². The molecular formula is C19H18F8N4O4. The Bertz CT molecular complexity index is 1010. The Labute approximate surface area is 192 Å². The number of hydrogen-bond acceptors (Lipinski definition) is 4. The minimum Gasteiger partial charge on any atom is -0.349 e. The maximum absolute atomic E-state index is 13.2. The lowest BCUT2D eigenvalue weighted by Gasteiger charge is -2.30. The molecule has 0 bridgehead atoms. The van der Waals surface area contributed by atoms with Crippen LogP contribution >= 0.6 is 0 Å². The molecule has 0 saturated heterocycles. The third-order valence-corrected chi connectivity index (χ3v) is 5.09. The Kier molecular flexibility index (Phi) is 7.66. The minimum absolute atomic E-state index is 0.0921. The predicted molar refractivity (Wildman–Crippen MR) is 103 cm³/mol. The number of carbonyl (C=O) groups excluding carboxylic acids is 4. The fourth-order valence-corrected chi connectivity index (χ4v) is 3.11. The third kappa shape index (κ3) is 5.97. The number of amides is 4. The van der Waals surface area contributed by atoms with Gasteiger partial charge >= 0.3 is 24.2 Å². The van der Waals surface area contributed by atoms with Crippen molar-refractivity contribution in [3.63, 3.8) is 0 Å². The molecule has 16 heteroatoms. The first-order valence-electron chi connectivity index (χ1n) is 9.60. The summed E-state index contributed by atoms with van der Waals surface area (Å²) < 4.78 is 102. The van der Waals surface area contributed by atoms with Crippen LogP contribution in [0.2, 0.25) is 0 Å². The van der Waals surface area contributed by atoms with Gasteiger partial charge in [-0.1, -0.05) is 12.1 Å². The second-order valence-electron chi connectivity index (χ2n) is 7.48. The molecule has 4 amide bonds. The lowest BCUT2D eigenvalue weighted by Crippen LogP contribution is -2.55. The van der Waals surface area contributed by atoms with Gasteiger partial charge in [-0.05, 0) is 12.1 Å². The quantitative estimate of drug-likeness (QED) is 0.478. The Morgan fingerprint density at radius 3 is 2.09 bits per heavy atom. The van der Waals surface area contributed by atoms with Crippen molar-refractivity contribution in [3.05, 3.63) is 24.3 Å². The molecule has 1 aromatic carbocycles. The number of nitrogens with zero attached hydrogens (tertiary/aromatic N) is 3. The van der Waals surface area contributed by atoms with Crippen LogP contribution in [0.4, 0.5) is 46.5 Å². The number of anilines is 2.